The van der Waals surface area contributed by atoms with Crippen LogP contribution in [0, 0.1) is 5.92 Å². The number of rotatable bonds is 10. The van der Waals surface area contributed by atoms with E-state index in [-0.39, 0.29) is 23.3 Å². The third-order valence-electron chi connectivity index (χ3n) is 7.22. The van der Waals surface area contributed by atoms with Crippen molar-refractivity contribution in [2.24, 2.45) is 11.7 Å². The van der Waals surface area contributed by atoms with Gasteiger partial charge in [0.05, 0.1) is 11.7 Å². The van der Waals surface area contributed by atoms with Gasteiger partial charge in [-0.05, 0) is 59.7 Å². The van der Waals surface area contributed by atoms with E-state index in [9.17, 15) is 4.79 Å². The molecule has 1 heterocycles. The SMILES string of the molecule is CC(C)C(c1nc(-c2cccc(Cl)c2)cn1Cc1ccccc1)N(CCCN)C(=O)c1ccc(C(C)(C)C)cc1. The van der Waals surface area contributed by atoms with Crippen LogP contribution in [0.15, 0.2) is 85.1 Å². The Morgan fingerprint density at radius 2 is 1.70 bits per heavy atom. The summed E-state index contributed by atoms with van der Waals surface area (Å²) in [5.74, 6) is 0.955. The summed E-state index contributed by atoms with van der Waals surface area (Å²) in [5, 5.41) is 0.663. The maximum absolute atomic E-state index is 14.2. The highest BCUT2D eigenvalue weighted by Crippen LogP contribution is 2.33. The van der Waals surface area contributed by atoms with Crippen LogP contribution in [-0.4, -0.2) is 33.4 Å². The topological polar surface area (TPSA) is 64.2 Å². The van der Waals surface area contributed by atoms with Gasteiger partial charge in [0.25, 0.3) is 5.91 Å². The molecule has 0 bridgehead atoms. The number of nitrogens with zero attached hydrogens (tertiary/aromatic N) is 3. The minimum absolute atomic E-state index is 0.00817. The van der Waals surface area contributed by atoms with Crippen LogP contribution in [-0.2, 0) is 12.0 Å². The Labute approximate surface area is 244 Å². The Kier molecular flexibility index (Phi) is 9.49. The van der Waals surface area contributed by atoms with E-state index in [2.05, 4.69) is 69.6 Å². The number of imidazole rings is 1. The maximum Gasteiger partial charge on any atom is 0.254 e. The molecule has 1 amide bonds. The molecule has 4 aromatic rings. The van der Waals surface area contributed by atoms with Crippen LogP contribution < -0.4 is 5.73 Å². The van der Waals surface area contributed by atoms with Crippen molar-refractivity contribution in [3.8, 4) is 11.3 Å². The van der Waals surface area contributed by atoms with Gasteiger partial charge in [-0.2, -0.15) is 0 Å². The molecule has 0 spiro atoms. The van der Waals surface area contributed by atoms with Crippen molar-refractivity contribution in [3.05, 3.63) is 113 Å². The fourth-order valence-electron chi connectivity index (χ4n) is 5.06. The molecule has 0 radical (unpaired) electrons. The minimum atomic E-state index is -0.252. The molecule has 0 saturated heterocycles. The summed E-state index contributed by atoms with van der Waals surface area (Å²) < 4.78 is 2.18. The van der Waals surface area contributed by atoms with Gasteiger partial charge in [0.1, 0.15) is 5.82 Å². The van der Waals surface area contributed by atoms with Gasteiger partial charge < -0.3 is 15.2 Å². The number of benzene rings is 3. The largest absolute Gasteiger partial charge is 0.330 e. The van der Waals surface area contributed by atoms with Crippen LogP contribution >= 0.6 is 11.6 Å². The van der Waals surface area contributed by atoms with Gasteiger partial charge in [-0.25, -0.2) is 4.98 Å². The molecule has 1 aromatic heterocycles. The van der Waals surface area contributed by atoms with E-state index in [1.54, 1.807) is 0 Å². The monoisotopic (exact) mass is 556 g/mol. The van der Waals surface area contributed by atoms with E-state index in [1.807, 2.05) is 59.5 Å². The number of aromatic nitrogens is 2. The summed E-state index contributed by atoms with van der Waals surface area (Å²) >= 11 is 6.34. The van der Waals surface area contributed by atoms with Crippen LogP contribution in [0.4, 0.5) is 0 Å². The molecule has 210 valence electrons. The highest BCUT2D eigenvalue weighted by Gasteiger charge is 2.32. The molecular formula is C34H41ClN4O. The average molecular weight is 557 g/mol. The van der Waals surface area contributed by atoms with Crippen LogP contribution in [0.1, 0.15) is 74.4 Å². The second-order valence-corrected chi connectivity index (χ2v) is 12.2. The summed E-state index contributed by atoms with van der Waals surface area (Å²) in [6, 6.07) is 25.8. The quantitative estimate of drug-likeness (QED) is 0.217. The van der Waals surface area contributed by atoms with Crippen molar-refractivity contribution >= 4 is 17.5 Å². The van der Waals surface area contributed by atoms with Crippen molar-refractivity contribution in [2.75, 3.05) is 13.1 Å². The summed E-state index contributed by atoms with van der Waals surface area (Å²) in [7, 11) is 0. The zero-order valence-corrected chi connectivity index (χ0v) is 25.0. The van der Waals surface area contributed by atoms with Gasteiger partial charge in [0.2, 0.25) is 0 Å². The molecule has 4 rings (SSSR count). The van der Waals surface area contributed by atoms with Gasteiger partial charge in [0.15, 0.2) is 0 Å². The van der Waals surface area contributed by atoms with Crippen molar-refractivity contribution in [1.29, 1.82) is 0 Å². The number of hydrogen-bond acceptors (Lipinski definition) is 3. The summed E-state index contributed by atoms with van der Waals surface area (Å²) in [6.07, 6.45) is 2.78. The maximum atomic E-state index is 14.2. The van der Waals surface area contributed by atoms with E-state index in [0.717, 1.165) is 17.1 Å². The minimum Gasteiger partial charge on any atom is -0.330 e. The lowest BCUT2D eigenvalue weighted by Crippen LogP contribution is -2.40. The number of carbonyl (C=O) groups is 1. The second kappa shape index (κ2) is 12.8. The van der Waals surface area contributed by atoms with Crippen LogP contribution in [0.3, 0.4) is 0 Å². The van der Waals surface area contributed by atoms with E-state index in [4.69, 9.17) is 22.3 Å². The van der Waals surface area contributed by atoms with Gasteiger partial charge >= 0.3 is 0 Å². The van der Waals surface area contributed by atoms with Crippen molar-refractivity contribution < 1.29 is 4.79 Å². The predicted octanol–water partition coefficient (Wildman–Crippen LogP) is 7.74. The summed E-state index contributed by atoms with van der Waals surface area (Å²) in [6.45, 7) is 12.5. The van der Waals surface area contributed by atoms with Gasteiger partial charge in [-0.3, -0.25) is 4.79 Å². The van der Waals surface area contributed by atoms with Crippen LogP contribution in [0.2, 0.25) is 5.02 Å². The molecule has 40 heavy (non-hydrogen) atoms. The highest BCUT2D eigenvalue weighted by molar-refractivity contribution is 6.30. The lowest BCUT2D eigenvalue weighted by molar-refractivity contribution is 0.0604. The molecule has 0 aliphatic heterocycles. The lowest BCUT2D eigenvalue weighted by Gasteiger charge is -2.35. The van der Waals surface area contributed by atoms with E-state index in [1.165, 1.54) is 11.1 Å². The van der Waals surface area contributed by atoms with Crippen molar-refractivity contribution in [1.82, 2.24) is 14.5 Å². The second-order valence-electron chi connectivity index (χ2n) is 11.8. The first-order chi connectivity index (χ1) is 19.1. The summed E-state index contributed by atoms with van der Waals surface area (Å²) in [4.78, 5) is 21.3. The average Bonchev–Trinajstić information content (AvgIpc) is 3.33. The van der Waals surface area contributed by atoms with Crippen LogP contribution in [0.5, 0.6) is 0 Å². The van der Waals surface area contributed by atoms with Gasteiger partial charge in [-0.1, -0.05) is 101 Å². The molecule has 2 N–H and O–H groups in total. The van der Waals surface area contributed by atoms with E-state index in [0.29, 0.717) is 36.6 Å². The zero-order chi connectivity index (χ0) is 28.9. The smallest absolute Gasteiger partial charge is 0.254 e. The molecule has 1 unspecified atom stereocenters. The standard InChI is InChI=1S/C34H41ClN4O/c1-24(2)31(39(20-10-19-36)33(40)26-15-17-28(18-16-26)34(3,4)5)32-37-30(27-13-9-14-29(35)21-27)23-38(32)22-25-11-7-6-8-12-25/h6-9,11-18,21,23-24,31H,10,19-20,22,36H2,1-5H3. The first-order valence-electron chi connectivity index (χ1n) is 14.1. The Morgan fingerprint density at radius 1 is 1.00 bits per heavy atom. The number of nitrogens with two attached hydrogens (primary N) is 1. The number of carbonyl (C=O) groups excluding carboxylic acids is 1. The van der Waals surface area contributed by atoms with E-state index < -0.39 is 0 Å². The number of amides is 1. The number of hydrogen-bond donors (Lipinski definition) is 1. The molecule has 0 aliphatic rings. The van der Waals surface area contributed by atoms with Gasteiger partial charge in [0, 0.05) is 35.4 Å². The molecule has 6 heteroatoms. The van der Waals surface area contributed by atoms with E-state index >= 15 is 0 Å². The van der Waals surface area contributed by atoms with Crippen LogP contribution in [0.25, 0.3) is 11.3 Å². The third kappa shape index (κ3) is 7.01. The molecule has 1 atom stereocenters. The molecule has 0 fully saturated rings. The molecule has 0 aliphatic carbocycles. The normalized spacial score (nSPS) is 12.5. The highest BCUT2D eigenvalue weighted by atomic mass is 35.5. The van der Waals surface area contributed by atoms with Crippen molar-refractivity contribution in [2.45, 2.75) is 59.0 Å². The number of halogens is 1. The Balaban J connectivity index is 1.80. The Bertz CT molecular complexity index is 1400. The van der Waals surface area contributed by atoms with Gasteiger partial charge in [-0.15, -0.1) is 0 Å². The third-order valence-corrected chi connectivity index (χ3v) is 7.45. The molecule has 5 nitrogen and oxygen atoms in total. The Morgan fingerprint density at radius 3 is 2.30 bits per heavy atom. The first-order valence-corrected chi connectivity index (χ1v) is 14.4. The first kappa shape index (κ1) is 29.6. The lowest BCUT2D eigenvalue weighted by atomic mass is 9.86. The molecular weight excluding hydrogens is 516 g/mol. The molecule has 0 saturated carbocycles. The molecule has 3 aromatic carbocycles. The summed E-state index contributed by atoms with van der Waals surface area (Å²) in [5.41, 5.74) is 10.8. The zero-order valence-electron chi connectivity index (χ0n) is 24.3. The predicted molar refractivity (Wildman–Crippen MR) is 166 cm³/mol. The van der Waals surface area contributed by atoms with Crippen molar-refractivity contribution in [3.63, 3.8) is 0 Å². The Hall–Kier alpha value is -3.41. The fraction of sp³-hybridized carbons (Fsp3) is 0.353. The fourth-order valence-corrected chi connectivity index (χ4v) is 5.25.